The highest BCUT2D eigenvalue weighted by molar-refractivity contribution is 5.52. The summed E-state index contributed by atoms with van der Waals surface area (Å²) in [6, 6.07) is 12.0. The minimum absolute atomic E-state index is 0.187. The first-order chi connectivity index (χ1) is 10.4. The van der Waals surface area contributed by atoms with Gasteiger partial charge in [-0.05, 0) is 11.8 Å². The van der Waals surface area contributed by atoms with E-state index < -0.39 is 0 Å². The summed E-state index contributed by atoms with van der Waals surface area (Å²) in [5, 5.41) is 15.5. The van der Waals surface area contributed by atoms with E-state index in [0.717, 1.165) is 5.56 Å². The third kappa shape index (κ3) is 8.92. The van der Waals surface area contributed by atoms with Crippen LogP contribution in [0.15, 0.2) is 30.3 Å². The largest absolute Gasteiger partial charge is 0.378 e. The van der Waals surface area contributed by atoms with Gasteiger partial charge in [0.25, 0.3) is 0 Å². The van der Waals surface area contributed by atoms with Gasteiger partial charge in [0.15, 0.2) is 0 Å². The van der Waals surface area contributed by atoms with Crippen LogP contribution >= 0.6 is 0 Å². The van der Waals surface area contributed by atoms with Crippen molar-refractivity contribution in [3.8, 4) is 6.07 Å². The zero-order valence-corrected chi connectivity index (χ0v) is 12.2. The van der Waals surface area contributed by atoms with Crippen LogP contribution in [0.25, 0.3) is 0 Å². The normalized spacial score (nSPS) is 11.8. The van der Waals surface area contributed by atoms with Gasteiger partial charge in [-0.1, -0.05) is 30.3 Å². The first-order valence-corrected chi connectivity index (χ1v) is 7.03. The van der Waals surface area contributed by atoms with E-state index >= 15 is 0 Å². The molecule has 0 aromatic heterocycles. The number of hydrogen-bond acceptors (Lipinski definition) is 5. The Morgan fingerprint density at radius 2 is 1.90 bits per heavy atom. The van der Waals surface area contributed by atoms with Crippen LogP contribution < -0.4 is 0 Å². The fourth-order valence-electron chi connectivity index (χ4n) is 1.66. The van der Waals surface area contributed by atoms with Crippen LogP contribution in [0.4, 0.5) is 0 Å². The summed E-state index contributed by atoms with van der Waals surface area (Å²) in [7, 11) is 0. The van der Waals surface area contributed by atoms with Gasteiger partial charge in [0.1, 0.15) is 6.10 Å². The molecular weight excluding hydrogens is 268 g/mol. The van der Waals surface area contributed by atoms with E-state index in [9.17, 15) is 0 Å². The van der Waals surface area contributed by atoms with E-state index in [0.29, 0.717) is 45.9 Å². The molecule has 1 aromatic rings. The maximum atomic E-state index is 8.53. The first kappa shape index (κ1) is 17.3. The highest BCUT2D eigenvalue weighted by Crippen LogP contribution is 2.03. The number of rotatable bonds is 12. The number of nitrogens with one attached hydrogen (secondary N) is 1. The highest BCUT2D eigenvalue weighted by Gasteiger charge is 2.10. The van der Waals surface area contributed by atoms with Gasteiger partial charge >= 0.3 is 0 Å². The lowest BCUT2D eigenvalue weighted by molar-refractivity contribution is -0.0609. The topological polar surface area (TPSA) is 75.3 Å². The van der Waals surface area contributed by atoms with Gasteiger partial charge in [-0.25, -0.2) is 0 Å². The predicted molar refractivity (Wildman–Crippen MR) is 80.3 cm³/mol. The number of nitrogens with zero attached hydrogens (tertiary/aromatic N) is 1. The van der Waals surface area contributed by atoms with E-state index in [-0.39, 0.29) is 6.10 Å². The summed E-state index contributed by atoms with van der Waals surface area (Å²) in [6.07, 6.45) is 2.08. The molecule has 1 aromatic carbocycles. The van der Waals surface area contributed by atoms with Crippen molar-refractivity contribution in [1.82, 2.24) is 0 Å². The zero-order valence-electron chi connectivity index (χ0n) is 12.2. The van der Waals surface area contributed by atoms with E-state index in [4.69, 9.17) is 24.9 Å². The quantitative estimate of drug-likeness (QED) is 0.474. The van der Waals surface area contributed by atoms with Crippen molar-refractivity contribution >= 4 is 6.21 Å². The Morgan fingerprint density at radius 3 is 2.62 bits per heavy atom. The summed E-state index contributed by atoms with van der Waals surface area (Å²) < 4.78 is 16.6. The minimum atomic E-state index is -0.187. The Bertz CT molecular complexity index is 417. The van der Waals surface area contributed by atoms with Crippen molar-refractivity contribution in [2.24, 2.45) is 0 Å². The van der Waals surface area contributed by atoms with Gasteiger partial charge in [-0.2, -0.15) is 5.26 Å². The van der Waals surface area contributed by atoms with Gasteiger partial charge in [-0.15, -0.1) is 0 Å². The van der Waals surface area contributed by atoms with Gasteiger partial charge in [0, 0.05) is 6.42 Å². The van der Waals surface area contributed by atoms with Crippen molar-refractivity contribution in [3.63, 3.8) is 0 Å². The molecule has 0 saturated carbocycles. The highest BCUT2D eigenvalue weighted by atomic mass is 16.6. The molecule has 0 aliphatic carbocycles. The zero-order chi connectivity index (χ0) is 15.2. The SMILES string of the molecule is N#CCCOC(COCCC=N)COCc1ccccc1. The second-order valence-electron chi connectivity index (χ2n) is 4.47. The summed E-state index contributed by atoms with van der Waals surface area (Å²) in [5.74, 6) is 0. The lowest BCUT2D eigenvalue weighted by Crippen LogP contribution is -2.26. The molecule has 0 aliphatic rings. The Kier molecular flexibility index (Phi) is 9.92. The van der Waals surface area contributed by atoms with Crippen LogP contribution in [0.5, 0.6) is 0 Å². The molecule has 21 heavy (non-hydrogen) atoms. The van der Waals surface area contributed by atoms with Crippen LogP contribution in [0, 0.1) is 16.7 Å². The van der Waals surface area contributed by atoms with Gasteiger partial charge in [0.05, 0.1) is 45.5 Å². The van der Waals surface area contributed by atoms with Gasteiger partial charge in [-0.3, -0.25) is 0 Å². The first-order valence-electron chi connectivity index (χ1n) is 7.03. The minimum Gasteiger partial charge on any atom is -0.378 e. The molecule has 1 rings (SSSR count). The lowest BCUT2D eigenvalue weighted by Gasteiger charge is -2.17. The molecule has 5 heteroatoms. The Labute approximate surface area is 125 Å². The molecule has 0 amide bonds. The number of benzene rings is 1. The third-order valence-electron chi connectivity index (χ3n) is 2.69. The van der Waals surface area contributed by atoms with Crippen molar-refractivity contribution in [2.45, 2.75) is 25.6 Å². The van der Waals surface area contributed by atoms with E-state index in [1.807, 2.05) is 36.4 Å². The maximum absolute atomic E-state index is 8.53. The number of hydrogen-bond donors (Lipinski definition) is 1. The Hall–Kier alpha value is -1.74. The summed E-state index contributed by atoms with van der Waals surface area (Å²) in [5.41, 5.74) is 1.11. The van der Waals surface area contributed by atoms with Crippen molar-refractivity contribution in [1.29, 1.82) is 10.7 Å². The van der Waals surface area contributed by atoms with Crippen molar-refractivity contribution < 1.29 is 14.2 Å². The molecule has 114 valence electrons. The smallest absolute Gasteiger partial charge is 0.104 e. The molecule has 5 nitrogen and oxygen atoms in total. The van der Waals surface area contributed by atoms with Crippen LogP contribution in [0.1, 0.15) is 18.4 Å². The Morgan fingerprint density at radius 1 is 1.14 bits per heavy atom. The number of nitriles is 1. The van der Waals surface area contributed by atoms with E-state index in [2.05, 4.69) is 0 Å². The molecule has 0 aliphatic heterocycles. The molecule has 0 heterocycles. The van der Waals surface area contributed by atoms with Gasteiger partial charge < -0.3 is 19.6 Å². The third-order valence-corrected chi connectivity index (χ3v) is 2.69. The lowest BCUT2D eigenvalue weighted by atomic mass is 10.2. The van der Waals surface area contributed by atoms with Gasteiger partial charge in [0.2, 0.25) is 0 Å². The molecule has 0 bridgehead atoms. The second-order valence-corrected chi connectivity index (χ2v) is 4.47. The number of ether oxygens (including phenoxy) is 3. The summed E-state index contributed by atoms with van der Waals surface area (Å²) in [4.78, 5) is 0. The van der Waals surface area contributed by atoms with Crippen LogP contribution in [-0.2, 0) is 20.8 Å². The summed E-state index contributed by atoms with van der Waals surface area (Å²) in [6.45, 7) is 2.24. The molecule has 0 spiro atoms. The van der Waals surface area contributed by atoms with E-state index in [1.165, 1.54) is 6.21 Å². The fraction of sp³-hybridized carbons (Fsp3) is 0.500. The maximum Gasteiger partial charge on any atom is 0.104 e. The van der Waals surface area contributed by atoms with E-state index in [1.54, 1.807) is 0 Å². The van der Waals surface area contributed by atoms with Crippen molar-refractivity contribution in [3.05, 3.63) is 35.9 Å². The van der Waals surface area contributed by atoms with Crippen LogP contribution in [0.3, 0.4) is 0 Å². The monoisotopic (exact) mass is 290 g/mol. The predicted octanol–water partition coefficient (Wildman–Crippen LogP) is 2.56. The fourth-order valence-corrected chi connectivity index (χ4v) is 1.66. The summed E-state index contributed by atoms with van der Waals surface area (Å²) >= 11 is 0. The molecule has 0 saturated heterocycles. The Balaban J connectivity index is 2.26. The van der Waals surface area contributed by atoms with Crippen LogP contribution in [0.2, 0.25) is 0 Å². The molecule has 0 fully saturated rings. The standard InChI is InChI=1S/C16H22N2O3/c17-8-4-10-19-13-16(21-11-5-9-18)14-20-12-15-6-2-1-3-7-15/h1-3,6-8,16-17H,4-5,10-14H2. The molecule has 1 N–H and O–H groups in total. The molecule has 0 radical (unpaired) electrons. The average molecular weight is 290 g/mol. The molecule has 1 unspecified atom stereocenters. The average Bonchev–Trinajstić information content (AvgIpc) is 2.52. The molecular formula is C16H22N2O3. The van der Waals surface area contributed by atoms with Crippen LogP contribution in [-0.4, -0.2) is 38.7 Å². The second kappa shape index (κ2) is 12.0. The van der Waals surface area contributed by atoms with Crippen molar-refractivity contribution in [2.75, 3.05) is 26.4 Å². The molecule has 1 atom stereocenters.